The number of halogens is 3. The van der Waals surface area contributed by atoms with Gasteiger partial charge in [-0.1, -0.05) is 6.07 Å². The number of nitrogens with one attached hydrogen (secondary N) is 1. The minimum absolute atomic E-state index is 0.0495. The van der Waals surface area contributed by atoms with Crippen LogP contribution in [0.15, 0.2) is 190 Å². The molecule has 0 unspecified atom stereocenters. The van der Waals surface area contributed by atoms with Gasteiger partial charge < -0.3 is 53.8 Å². The Hall–Kier alpha value is -11.6. The lowest BCUT2D eigenvalue weighted by Gasteiger charge is -2.40. The molecule has 15 heterocycles. The molecular weight excluding hydrogens is 1510 g/mol. The number of methoxy groups -OCH3 is 3. The van der Waals surface area contributed by atoms with E-state index in [-0.39, 0.29) is 45.0 Å². The number of likely N-dealkylation sites (tertiary alicyclic amines) is 2. The summed E-state index contributed by atoms with van der Waals surface area (Å²) in [5.74, 6) is 1.10. The second-order valence-electron chi connectivity index (χ2n) is 32.4. The molecule has 6 aliphatic rings. The number of hydrogen-bond acceptors (Lipinski definition) is 21. The summed E-state index contributed by atoms with van der Waals surface area (Å²) in [6.07, 6.45) is 9.82. The maximum absolute atomic E-state index is 14.1. The van der Waals surface area contributed by atoms with Gasteiger partial charge in [-0.2, -0.15) is 0 Å². The molecular formula is C89H96F3N17O7S. The highest BCUT2D eigenvalue weighted by Gasteiger charge is 2.42. The Morgan fingerprint density at radius 2 is 0.880 bits per heavy atom. The molecule has 0 amide bonds. The molecule has 117 heavy (non-hydrogen) atoms. The highest BCUT2D eigenvalue weighted by Crippen LogP contribution is 2.38. The Labute approximate surface area is 679 Å². The average molecular weight is 1600 g/mol. The Morgan fingerprint density at radius 3 is 1.28 bits per heavy atom. The van der Waals surface area contributed by atoms with Crippen LogP contribution in [0.4, 0.5) is 35.9 Å². The average Bonchev–Trinajstić information content (AvgIpc) is 1.64. The van der Waals surface area contributed by atoms with Crippen molar-refractivity contribution in [1.29, 1.82) is 0 Å². The summed E-state index contributed by atoms with van der Waals surface area (Å²) in [5.41, 5.74) is 11.4. The van der Waals surface area contributed by atoms with Crippen LogP contribution in [0.3, 0.4) is 0 Å². The number of hydrogen-bond donors (Lipinski definition) is 1. The molecule has 0 radical (unpaired) electrons. The van der Waals surface area contributed by atoms with Gasteiger partial charge in [-0.05, 0) is 208 Å². The van der Waals surface area contributed by atoms with Gasteiger partial charge in [-0.15, -0.1) is 11.3 Å². The molecule has 0 saturated carbocycles. The number of rotatable bonds is 13. The number of fused-ring (bicyclic) bond motifs is 7. The van der Waals surface area contributed by atoms with Gasteiger partial charge in [0, 0.05) is 167 Å². The van der Waals surface area contributed by atoms with Crippen LogP contribution in [0, 0.1) is 42.1 Å². The van der Waals surface area contributed by atoms with E-state index in [4.69, 9.17) is 19.2 Å². The van der Waals surface area contributed by atoms with E-state index >= 15 is 0 Å². The number of piperazine rings is 1. The highest BCUT2D eigenvalue weighted by molar-refractivity contribution is 7.18. The quantitative estimate of drug-likeness (QED) is 0.114. The van der Waals surface area contributed by atoms with E-state index < -0.39 is 17.5 Å². The fraction of sp³-hybridized carbons (Fsp3) is 0.360. The molecule has 606 valence electrons. The van der Waals surface area contributed by atoms with Gasteiger partial charge in [0.15, 0.2) is 34.7 Å². The topological polar surface area (TPSA) is 213 Å². The summed E-state index contributed by atoms with van der Waals surface area (Å²) in [4.78, 5) is 90.7. The summed E-state index contributed by atoms with van der Waals surface area (Å²) >= 11 is 1.65. The molecule has 6 saturated heterocycles. The van der Waals surface area contributed by atoms with Crippen molar-refractivity contribution < 1.29 is 27.4 Å². The van der Waals surface area contributed by atoms with E-state index in [9.17, 15) is 32.3 Å². The second-order valence-corrected chi connectivity index (χ2v) is 33.6. The Morgan fingerprint density at radius 1 is 0.470 bits per heavy atom. The van der Waals surface area contributed by atoms with Crippen molar-refractivity contribution in [2.75, 3.05) is 141 Å². The summed E-state index contributed by atoms with van der Waals surface area (Å²) < 4.78 is 64.5. The van der Waals surface area contributed by atoms with Crippen LogP contribution < -0.4 is 61.4 Å². The lowest BCUT2D eigenvalue weighted by atomic mass is 10.0. The number of benzene rings is 4. The molecule has 0 spiro atoms. The van der Waals surface area contributed by atoms with Crippen LogP contribution in [0.1, 0.15) is 45.5 Å². The maximum Gasteiger partial charge on any atom is 0.258 e. The molecule has 5 atom stereocenters. The predicted octanol–water partition coefficient (Wildman–Crippen LogP) is 12.1. The predicted molar refractivity (Wildman–Crippen MR) is 456 cm³/mol. The smallest absolute Gasteiger partial charge is 0.258 e. The van der Waals surface area contributed by atoms with Gasteiger partial charge in [-0.3, -0.25) is 36.8 Å². The summed E-state index contributed by atoms with van der Waals surface area (Å²) in [6.45, 7) is 23.1. The first kappa shape index (κ1) is 79.3. The summed E-state index contributed by atoms with van der Waals surface area (Å²) in [7, 11) is 10.6. The number of pyridine rings is 4. The molecule has 24 nitrogen and oxygen atoms in total. The number of nitrogens with zero attached hydrogens (tertiary/aromatic N) is 16. The minimum atomic E-state index is -0.484. The van der Waals surface area contributed by atoms with E-state index in [1.807, 2.05) is 86.3 Å². The lowest BCUT2D eigenvalue weighted by molar-refractivity contribution is 0.258. The van der Waals surface area contributed by atoms with Gasteiger partial charge in [-0.25, -0.2) is 38.1 Å². The SMILES string of the molecule is COc1ccc(-c2cc(=O)n3cc(N4CC[C@@H](N(C)C)C4)ccc3n2)cc1F.COc1ccc(-c2cc(=O)n3cc(N4C[C@@H]5CCN(C)[C@@H]5C4)ccc3n2)cc1F.COc1ccc(-c2cc(=O)n3cc(N4C[C@@H]5CN(C(C)C)C[C@@H]5C4)ccc3n2)cc1F.Cc1nc2ccc(-c3cc(=O)n4cc(N5CCNC(C)(C)C5)ccc4n3)cc2s1. The van der Waals surface area contributed by atoms with Crippen molar-refractivity contribution in [3.05, 3.63) is 234 Å². The first-order valence-electron chi connectivity index (χ1n) is 39.7. The third kappa shape index (κ3) is 16.7. The Kier molecular flexibility index (Phi) is 22.3. The van der Waals surface area contributed by atoms with E-state index in [2.05, 4.69) is 121 Å². The molecule has 9 aromatic heterocycles. The van der Waals surface area contributed by atoms with Crippen LogP contribution in [-0.4, -0.2) is 202 Å². The molecule has 4 aromatic carbocycles. The van der Waals surface area contributed by atoms with Gasteiger partial charge in [0.25, 0.3) is 22.2 Å². The van der Waals surface area contributed by atoms with E-state index in [1.54, 1.807) is 65.3 Å². The highest BCUT2D eigenvalue weighted by atomic mass is 32.1. The standard InChI is InChI=1S/C24H27FN4O2.C22H23FN4O2.C22H23N5OS.C21H23FN4O2/c1-15(2)27-10-17-12-28(13-18(17)11-27)19-5-7-23-26-21(9-24(30)29(23)14-19)16-4-6-22(31-3)20(25)8-16;1-25-8-7-15-11-26(13-19(15)25)16-4-6-21-24-18(10-22(28)27(21)12-16)14-3-5-20(29-2)17(23)9-14;1-14-24-17-6-4-15(10-19(17)29-14)18-11-21(28)27-12-16(5-7-20(27)25-18)26-9-8-23-22(2,3)13-26;1-24(2)15-8-9-25(12-15)16-5-7-20-23-18(11-21(27)26(20)13-16)14-4-6-19(28-3)17(22)10-14/h4-9,14-15,17-18H,10-13H2,1-3H3;3-6,9-10,12,15,19H,7-8,11,13H2,1-2H3;4-7,10-12,23H,8-9,13H2,1-3H3;4-7,10-11,13,15H,8-9,12H2,1-3H3/t17-,18+;15-,19+;;15-/m.0.1/s1. The Bertz CT molecular complexity index is 6180. The second kappa shape index (κ2) is 32.8. The zero-order valence-corrected chi connectivity index (χ0v) is 68.4. The number of thiazole rings is 1. The van der Waals surface area contributed by atoms with Gasteiger partial charge in [0.2, 0.25) is 0 Å². The lowest BCUT2D eigenvalue weighted by Crippen LogP contribution is -2.57. The van der Waals surface area contributed by atoms with Crippen LogP contribution in [0.25, 0.3) is 77.8 Å². The number of aromatic nitrogens is 9. The fourth-order valence-electron chi connectivity index (χ4n) is 17.2. The molecule has 0 aliphatic carbocycles. The van der Waals surface area contributed by atoms with Gasteiger partial charge >= 0.3 is 0 Å². The van der Waals surface area contributed by atoms with E-state index in [0.29, 0.717) is 97.9 Å². The summed E-state index contributed by atoms with van der Waals surface area (Å²) in [6, 6.07) is 43.0. The van der Waals surface area contributed by atoms with Crippen molar-refractivity contribution in [3.8, 4) is 62.3 Å². The molecule has 28 heteroatoms. The zero-order valence-electron chi connectivity index (χ0n) is 67.6. The van der Waals surface area contributed by atoms with Crippen LogP contribution in [0.5, 0.6) is 17.2 Å². The molecule has 6 fully saturated rings. The number of ether oxygens (including phenoxy) is 3. The van der Waals surface area contributed by atoms with Crippen molar-refractivity contribution >= 4 is 66.9 Å². The van der Waals surface area contributed by atoms with Gasteiger partial charge in [0.1, 0.15) is 22.6 Å². The third-order valence-corrected chi connectivity index (χ3v) is 24.6. The number of anilines is 4. The van der Waals surface area contributed by atoms with E-state index in [0.717, 1.165) is 122 Å². The maximum atomic E-state index is 14.1. The van der Waals surface area contributed by atoms with Crippen LogP contribution in [0.2, 0.25) is 0 Å². The zero-order chi connectivity index (χ0) is 81.8. The van der Waals surface area contributed by atoms with Crippen LogP contribution >= 0.6 is 11.3 Å². The van der Waals surface area contributed by atoms with E-state index in [1.165, 1.54) is 76.8 Å². The van der Waals surface area contributed by atoms with Gasteiger partial charge in [0.05, 0.1) is 82.1 Å². The van der Waals surface area contributed by atoms with Crippen LogP contribution in [-0.2, 0) is 0 Å². The minimum Gasteiger partial charge on any atom is -0.494 e. The fourth-order valence-corrected chi connectivity index (χ4v) is 18.1. The van der Waals surface area contributed by atoms with Crippen molar-refractivity contribution in [2.24, 2.45) is 17.8 Å². The summed E-state index contributed by atoms with van der Waals surface area (Å²) in [5, 5.41) is 4.55. The molecule has 13 aromatic rings. The molecule has 0 bridgehead atoms. The first-order chi connectivity index (χ1) is 56.3. The molecule has 6 aliphatic heterocycles. The molecule has 1 N–H and O–H groups in total. The largest absolute Gasteiger partial charge is 0.494 e. The van der Waals surface area contributed by atoms with Crippen molar-refractivity contribution in [2.45, 2.75) is 71.1 Å². The van der Waals surface area contributed by atoms with Crippen molar-refractivity contribution in [3.63, 3.8) is 0 Å². The first-order valence-corrected chi connectivity index (χ1v) is 40.5. The number of aryl methyl sites for hydroxylation is 1. The molecule has 19 rings (SSSR count). The number of likely N-dealkylation sites (N-methyl/N-ethyl adjacent to an activating group) is 2. The van der Waals surface area contributed by atoms with Crippen molar-refractivity contribution in [1.82, 2.24) is 62.5 Å². The third-order valence-electron chi connectivity index (χ3n) is 23.7. The normalized spacial score (nSPS) is 19.2. The Balaban J connectivity index is 0.000000117. The monoisotopic (exact) mass is 1600 g/mol.